The smallest absolute Gasteiger partial charge is 0.225 e. The third-order valence-electron chi connectivity index (χ3n) is 6.34. The molecule has 1 aromatic carbocycles. The molecule has 154 valence electrons. The summed E-state index contributed by atoms with van der Waals surface area (Å²) >= 11 is 0. The molecule has 0 aromatic heterocycles. The second-order valence-electron chi connectivity index (χ2n) is 9.67. The first kappa shape index (κ1) is 20.9. The molecule has 28 heavy (non-hydrogen) atoms. The standard InChI is InChI=1S/C24H36N2O2/c1-5-17-10-12-18(13-11-17)20-14-21(25-23(28)24(2,3)4)16-26(15-20)22(27)19-8-6-7-9-19/h10-13,19-21H,5-9,14-16H2,1-4H3,(H,25,28). The van der Waals surface area contributed by atoms with Crippen molar-refractivity contribution in [1.29, 1.82) is 0 Å². The maximum atomic E-state index is 13.1. The molecule has 0 bridgehead atoms. The number of carbonyl (C=O) groups excluding carboxylic acids is 2. The lowest BCUT2D eigenvalue weighted by Gasteiger charge is -2.40. The minimum Gasteiger partial charge on any atom is -0.351 e. The van der Waals surface area contributed by atoms with E-state index in [1.54, 1.807) is 0 Å². The molecule has 2 aliphatic rings. The van der Waals surface area contributed by atoms with Gasteiger partial charge in [-0.05, 0) is 36.8 Å². The van der Waals surface area contributed by atoms with E-state index in [1.165, 1.54) is 11.1 Å². The molecule has 4 heteroatoms. The summed E-state index contributed by atoms with van der Waals surface area (Å²) in [6.07, 6.45) is 6.28. The van der Waals surface area contributed by atoms with Gasteiger partial charge in [-0.2, -0.15) is 0 Å². The second kappa shape index (κ2) is 8.67. The van der Waals surface area contributed by atoms with Gasteiger partial charge < -0.3 is 10.2 Å². The first-order chi connectivity index (χ1) is 13.3. The van der Waals surface area contributed by atoms with Crippen LogP contribution in [-0.2, 0) is 16.0 Å². The van der Waals surface area contributed by atoms with Gasteiger partial charge in [-0.3, -0.25) is 9.59 Å². The Hall–Kier alpha value is -1.84. The van der Waals surface area contributed by atoms with Crippen LogP contribution in [0.4, 0.5) is 0 Å². The molecule has 1 heterocycles. The zero-order valence-corrected chi connectivity index (χ0v) is 18.0. The van der Waals surface area contributed by atoms with Crippen LogP contribution in [0.25, 0.3) is 0 Å². The van der Waals surface area contributed by atoms with Gasteiger partial charge in [-0.1, -0.05) is 64.8 Å². The van der Waals surface area contributed by atoms with E-state index < -0.39 is 5.41 Å². The highest BCUT2D eigenvalue weighted by molar-refractivity contribution is 5.82. The average Bonchev–Trinajstić information content (AvgIpc) is 3.21. The summed E-state index contributed by atoms with van der Waals surface area (Å²) in [6, 6.07) is 8.80. The molecule has 1 N–H and O–H groups in total. The van der Waals surface area contributed by atoms with Crippen LogP contribution in [0.1, 0.15) is 76.8 Å². The summed E-state index contributed by atoms with van der Waals surface area (Å²) in [4.78, 5) is 27.7. The maximum absolute atomic E-state index is 13.1. The number of likely N-dealkylation sites (tertiary alicyclic amines) is 1. The molecule has 3 rings (SSSR count). The van der Waals surface area contributed by atoms with E-state index in [1.807, 2.05) is 25.7 Å². The zero-order chi connectivity index (χ0) is 20.3. The number of aryl methyl sites for hydroxylation is 1. The Bertz CT molecular complexity index is 684. The topological polar surface area (TPSA) is 49.4 Å². The van der Waals surface area contributed by atoms with E-state index in [0.717, 1.165) is 45.1 Å². The van der Waals surface area contributed by atoms with Gasteiger partial charge in [0.2, 0.25) is 11.8 Å². The Morgan fingerprint density at radius 3 is 2.29 bits per heavy atom. The van der Waals surface area contributed by atoms with Gasteiger partial charge in [0.15, 0.2) is 0 Å². The van der Waals surface area contributed by atoms with Crippen LogP contribution in [0.15, 0.2) is 24.3 Å². The molecule has 2 amide bonds. The number of rotatable bonds is 4. The third-order valence-corrected chi connectivity index (χ3v) is 6.34. The van der Waals surface area contributed by atoms with Gasteiger partial charge >= 0.3 is 0 Å². The molecule has 2 fully saturated rings. The molecular weight excluding hydrogens is 348 g/mol. The Morgan fingerprint density at radius 1 is 1.07 bits per heavy atom. The van der Waals surface area contributed by atoms with Crippen molar-refractivity contribution in [2.75, 3.05) is 13.1 Å². The van der Waals surface area contributed by atoms with Crippen molar-refractivity contribution in [3.63, 3.8) is 0 Å². The molecule has 0 spiro atoms. The SMILES string of the molecule is CCc1ccc(C2CC(NC(=O)C(C)(C)C)CN(C(=O)C3CCCC3)C2)cc1. The largest absolute Gasteiger partial charge is 0.351 e. The van der Waals surface area contributed by atoms with Crippen molar-refractivity contribution >= 4 is 11.8 Å². The van der Waals surface area contributed by atoms with Crippen molar-refractivity contribution in [1.82, 2.24) is 10.2 Å². The normalized spacial score (nSPS) is 23.6. The van der Waals surface area contributed by atoms with Crippen molar-refractivity contribution in [3.05, 3.63) is 35.4 Å². The summed E-state index contributed by atoms with van der Waals surface area (Å²) in [6.45, 7) is 9.38. The fourth-order valence-corrected chi connectivity index (χ4v) is 4.48. The van der Waals surface area contributed by atoms with Gasteiger partial charge in [0.05, 0.1) is 0 Å². The monoisotopic (exact) mass is 384 g/mol. The van der Waals surface area contributed by atoms with Gasteiger partial charge in [0, 0.05) is 36.4 Å². The Balaban J connectivity index is 1.78. The summed E-state index contributed by atoms with van der Waals surface area (Å²) in [5, 5.41) is 3.22. The maximum Gasteiger partial charge on any atom is 0.225 e. The molecule has 1 aliphatic carbocycles. The van der Waals surface area contributed by atoms with Crippen LogP contribution in [0.5, 0.6) is 0 Å². The molecule has 1 aromatic rings. The van der Waals surface area contributed by atoms with E-state index in [9.17, 15) is 9.59 Å². The van der Waals surface area contributed by atoms with Crippen molar-refractivity contribution in [3.8, 4) is 0 Å². The van der Waals surface area contributed by atoms with Gasteiger partial charge in [0.25, 0.3) is 0 Å². The molecule has 1 saturated carbocycles. The average molecular weight is 385 g/mol. The number of piperidine rings is 1. The summed E-state index contributed by atoms with van der Waals surface area (Å²) in [5.41, 5.74) is 2.18. The second-order valence-corrected chi connectivity index (χ2v) is 9.67. The number of nitrogens with zero attached hydrogens (tertiary/aromatic N) is 1. The zero-order valence-electron chi connectivity index (χ0n) is 18.0. The fraction of sp³-hybridized carbons (Fsp3) is 0.667. The van der Waals surface area contributed by atoms with E-state index in [4.69, 9.17) is 0 Å². The number of nitrogens with one attached hydrogen (secondary N) is 1. The number of benzene rings is 1. The molecule has 1 aliphatic heterocycles. The fourth-order valence-electron chi connectivity index (χ4n) is 4.48. The van der Waals surface area contributed by atoms with Gasteiger partial charge in [0.1, 0.15) is 0 Å². The first-order valence-electron chi connectivity index (χ1n) is 11.0. The Kier molecular flexibility index (Phi) is 6.47. The summed E-state index contributed by atoms with van der Waals surface area (Å²) < 4.78 is 0. The van der Waals surface area contributed by atoms with Crippen LogP contribution < -0.4 is 5.32 Å². The van der Waals surface area contributed by atoms with Crippen molar-refractivity contribution < 1.29 is 9.59 Å². The lowest BCUT2D eigenvalue weighted by Crippen LogP contribution is -2.54. The first-order valence-corrected chi connectivity index (χ1v) is 11.0. The van der Waals surface area contributed by atoms with Gasteiger partial charge in [-0.25, -0.2) is 0 Å². The molecule has 2 atom stereocenters. The van der Waals surface area contributed by atoms with Crippen LogP contribution in [0, 0.1) is 11.3 Å². The van der Waals surface area contributed by atoms with E-state index in [2.05, 4.69) is 36.5 Å². The molecule has 4 nitrogen and oxygen atoms in total. The predicted molar refractivity (Wildman–Crippen MR) is 113 cm³/mol. The van der Waals surface area contributed by atoms with E-state index in [0.29, 0.717) is 12.5 Å². The van der Waals surface area contributed by atoms with Crippen molar-refractivity contribution in [2.45, 2.75) is 78.2 Å². The van der Waals surface area contributed by atoms with Crippen LogP contribution in [0.2, 0.25) is 0 Å². The number of hydrogen-bond donors (Lipinski definition) is 1. The molecule has 0 radical (unpaired) electrons. The summed E-state index contributed by atoms with van der Waals surface area (Å²) in [5.74, 6) is 0.811. The minimum atomic E-state index is -0.421. The lowest BCUT2D eigenvalue weighted by molar-refractivity contribution is -0.138. The van der Waals surface area contributed by atoms with Gasteiger partial charge in [-0.15, -0.1) is 0 Å². The molecule has 1 saturated heterocycles. The highest BCUT2D eigenvalue weighted by Gasteiger charge is 2.36. The molecule has 2 unspecified atom stereocenters. The Morgan fingerprint density at radius 2 is 1.71 bits per heavy atom. The minimum absolute atomic E-state index is 0.0154. The highest BCUT2D eigenvalue weighted by Crippen LogP contribution is 2.32. The lowest BCUT2D eigenvalue weighted by atomic mass is 9.86. The van der Waals surface area contributed by atoms with Crippen molar-refractivity contribution in [2.24, 2.45) is 11.3 Å². The highest BCUT2D eigenvalue weighted by atomic mass is 16.2. The number of carbonyl (C=O) groups is 2. The van der Waals surface area contributed by atoms with Crippen LogP contribution in [-0.4, -0.2) is 35.8 Å². The summed E-state index contributed by atoms with van der Waals surface area (Å²) in [7, 11) is 0. The molecular formula is C24H36N2O2. The quantitative estimate of drug-likeness (QED) is 0.842. The Labute approximate surface area is 170 Å². The van der Waals surface area contributed by atoms with E-state index in [-0.39, 0.29) is 23.8 Å². The number of hydrogen-bond acceptors (Lipinski definition) is 2. The van der Waals surface area contributed by atoms with E-state index >= 15 is 0 Å². The van der Waals surface area contributed by atoms with Crippen LogP contribution in [0.3, 0.4) is 0 Å². The third kappa shape index (κ3) is 4.95. The van der Waals surface area contributed by atoms with Crippen LogP contribution >= 0.6 is 0 Å². The number of amides is 2. The predicted octanol–water partition coefficient (Wildman–Crippen LogP) is 4.29.